The van der Waals surface area contributed by atoms with E-state index >= 15 is 0 Å². The van der Waals surface area contributed by atoms with Crippen LogP contribution in [0.25, 0.3) is 0 Å². The Hall–Kier alpha value is -0.130. The molecule has 1 aliphatic carbocycles. The summed E-state index contributed by atoms with van der Waals surface area (Å²) in [6.07, 6.45) is 2.45. The number of hydrogen-bond acceptors (Lipinski definition) is 3. The van der Waals surface area contributed by atoms with E-state index in [9.17, 15) is 4.79 Å². The van der Waals surface area contributed by atoms with E-state index in [2.05, 4.69) is 20.9 Å². The summed E-state index contributed by atoms with van der Waals surface area (Å²) in [6.45, 7) is 4.87. The molecule has 0 aromatic carbocycles. The fourth-order valence-corrected chi connectivity index (χ4v) is 3.45. The minimum Gasteiger partial charge on any atom is -0.335 e. The summed E-state index contributed by atoms with van der Waals surface area (Å²) in [5.41, 5.74) is 0.373. The predicted molar refractivity (Wildman–Crippen MR) is 73.7 cm³/mol. The Morgan fingerprint density at radius 1 is 1.65 bits per heavy atom. The summed E-state index contributed by atoms with van der Waals surface area (Å²) >= 11 is 10.6. The van der Waals surface area contributed by atoms with Crippen LogP contribution in [-0.4, -0.2) is 28.4 Å². The Labute approximate surface area is 118 Å². The van der Waals surface area contributed by atoms with Crippen LogP contribution >= 0.6 is 38.9 Å². The van der Waals surface area contributed by atoms with Crippen molar-refractivity contribution in [1.82, 2.24) is 9.88 Å². The Bertz CT molecular complexity index is 431. The molecule has 1 fully saturated rings. The van der Waals surface area contributed by atoms with Gasteiger partial charge in [-0.25, -0.2) is 4.98 Å². The van der Waals surface area contributed by atoms with Crippen LogP contribution in [0.5, 0.6) is 0 Å². The number of hydrogen-bond donors (Lipinski definition) is 0. The summed E-state index contributed by atoms with van der Waals surface area (Å²) in [5.74, 6) is 0.612. The van der Waals surface area contributed by atoms with Crippen LogP contribution < -0.4 is 0 Å². The maximum atomic E-state index is 12.3. The van der Waals surface area contributed by atoms with E-state index in [4.69, 9.17) is 11.6 Å². The summed E-state index contributed by atoms with van der Waals surface area (Å²) in [5, 5.41) is 0. The van der Waals surface area contributed by atoms with Gasteiger partial charge in [-0.05, 0) is 48.5 Å². The van der Waals surface area contributed by atoms with Crippen molar-refractivity contribution in [2.45, 2.75) is 32.7 Å². The van der Waals surface area contributed by atoms with Gasteiger partial charge in [-0.1, -0.05) is 22.9 Å². The third-order valence-electron chi connectivity index (χ3n) is 2.80. The SMILES string of the molecule is CC(C)N(CC1CC1)C(=O)c1nc(Br)sc1Cl. The second-order valence-electron chi connectivity index (χ2n) is 4.58. The van der Waals surface area contributed by atoms with Gasteiger partial charge in [0, 0.05) is 12.6 Å². The second-order valence-corrected chi connectivity index (χ2v) is 7.46. The quantitative estimate of drug-likeness (QED) is 0.837. The van der Waals surface area contributed by atoms with Gasteiger partial charge in [0.2, 0.25) is 0 Å². The first-order valence-electron chi connectivity index (χ1n) is 5.62. The van der Waals surface area contributed by atoms with Gasteiger partial charge in [0.25, 0.3) is 5.91 Å². The van der Waals surface area contributed by atoms with E-state index in [1.54, 1.807) is 0 Å². The summed E-state index contributed by atoms with van der Waals surface area (Å²) in [6, 6.07) is 0.180. The van der Waals surface area contributed by atoms with Crippen molar-refractivity contribution in [3.8, 4) is 0 Å². The molecular formula is C11H14BrClN2OS. The highest BCUT2D eigenvalue weighted by Gasteiger charge is 2.30. The molecule has 3 nitrogen and oxygen atoms in total. The lowest BCUT2D eigenvalue weighted by molar-refractivity contribution is 0.0691. The van der Waals surface area contributed by atoms with Gasteiger partial charge in [0.15, 0.2) is 9.61 Å². The molecule has 1 heterocycles. The van der Waals surface area contributed by atoms with Gasteiger partial charge < -0.3 is 4.90 Å². The molecule has 0 unspecified atom stereocenters. The Morgan fingerprint density at radius 2 is 2.29 bits per heavy atom. The van der Waals surface area contributed by atoms with E-state index in [0.717, 1.165) is 6.54 Å². The highest BCUT2D eigenvalue weighted by Crippen LogP contribution is 2.33. The fraction of sp³-hybridized carbons (Fsp3) is 0.636. The molecule has 6 heteroatoms. The molecule has 0 aliphatic heterocycles. The lowest BCUT2D eigenvalue weighted by atomic mass is 10.2. The number of carbonyl (C=O) groups excluding carboxylic acids is 1. The first kappa shape index (κ1) is 13.3. The third kappa shape index (κ3) is 3.20. The average Bonchev–Trinajstić information content (AvgIpc) is 2.99. The number of amides is 1. The molecule has 1 aromatic rings. The van der Waals surface area contributed by atoms with Crippen molar-refractivity contribution in [2.75, 3.05) is 6.54 Å². The first-order valence-corrected chi connectivity index (χ1v) is 7.60. The minimum absolute atomic E-state index is 0.0566. The summed E-state index contributed by atoms with van der Waals surface area (Å²) in [4.78, 5) is 18.4. The molecule has 0 spiro atoms. The zero-order valence-corrected chi connectivity index (χ0v) is 12.9. The van der Waals surface area contributed by atoms with Crippen LogP contribution in [-0.2, 0) is 0 Å². The van der Waals surface area contributed by atoms with E-state index in [0.29, 0.717) is 19.9 Å². The van der Waals surface area contributed by atoms with Crippen molar-refractivity contribution in [1.29, 1.82) is 0 Å². The molecule has 94 valence electrons. The Balaban J connectivity index is 2.17. The standard InChI is InChI=1S/C11H14BrClN2OS/c1-6(2)15(5-7-3-4-7)10(16)8-9(13)17-11(12)14-8/h6-7H,3-5H2,1-2H3. The van der Waals surface area contributed by atoms with Crippen molar-refractivity contribution >= 4 is 44.8 Å². The molecule has 0 N–H and O–H groups in total. The van der Waals surface area contributed by atoms with Gasteiger partial charge in [-0.3, -0.25) is 4.79 Å². The lowest BCUT2D eigenvalue weighted by Gasteiger charge is -2.26. The zero-order valence-electron chi connectivity index (χ0n) is 9.74. The van der Waals surface area contributed by atoms with Crippen LogP contribution in [0.4, 0.5) is 0 Å². The average molecular weight is 338 g/mol. The van der Waals surface area contributed by atoms with Crippen LogP contribution in [0.3, 0.4) is 0 Å². The van der Waals surface area contributed by atoms with Crippen LogP contribution in [0, 0.1) is 5.92 Å². The largest absolute Gasteiger partial charge is 0.335 e. The van der Waals surface area contributed by atoms with E-state index in [-0.39, 0.29) is 11.9 Å². The summed E-state index contributed by atoms with van der Waals surface area (Å²) in [7, 11) is 0. The fourth-order valence-electron chi connectivity index (χ4n) is 1.65. The van der Waals surface area contributed by atoms with Gasteiger partial charge in [-0.2, -0.15) is 0 Å². The highest BCUT2D eigenvalue weighted by molar-refractivity contribution is 9.11. The van der Waals surface area contributed by atoms with Crippen molar-refractivity contribution in [2.24, 2.45) is 5.92 Å². The molecule has 0 radical (unpaired) electrons. The van der Waals surface area contributed by atoms with Crippen molar-refractivity contribution in [3.05, 3.63) is 13.9 Å². The first-order chi connectivity index (χ1) is 7.99. The molecule has 1 amide bonds. The zero-order chi connectivity index (χ0) is 12.6. The number of aromatic nitrogens is 1. The lowest BCUT2D eigenvalue weighted by Crippen LogP contribution is -2.38. The number of nitrogens with zero attached hydrogens (tertiary/aromatic N) is 2. The van der Waals surface area contributed by atoms with Crippen molar-refractivity contribution < 1.29 is 4.79 Å². The maximum absolute atomic E-state index is 12.3. The van der Waals surface area contributed by atoms with Gasteiger partial charge in [-0.15, -0.1) is 0 Å². The van der Waals surface area contributed by atoms with Crippen LogP contribution in [0.1, 0.15) is 37.2 Å². The monoisotopic (exact) mass is 336 g/mol. The van der Waals surface area contributed by atoms with Crippen molar-refractivity contribution in [3.63, 3.8) is 0 Å². The Morgan fingerprint density at radius 3 is 2.71 bits per heavy atom. The number of halogens is 2. The molecule has 0 saturated heterocycles. The second kappa shape index (κ2) is 5.24. The molecule has 0 atom stereocenters. The van der Waals surface area contributed by atoms with E-state index in [1.807, 2.05) is 18.7 Å². The van der Waals surface area contributed by atoms with Crippen LogP contribution in [0.15, 0.2) is 3.92 Å². The normalized spacial score (nSPS) is 15.4. The van der Waals surface area contributed by atoms with E-state index < -0.39 is 0 Å². The third-order valence-corrected chi connectivity index (χ3v) is 4.50. The smallest absolute Gasteiger partial charge is 0.275 e. The highest BCUT2D eigenvalue weighted by atomic mass is 79.9. The van der Waals surface area contributed by atoms with Gasteiger partial charge in [0.05, 0.1) is 0 Å². The van der Waals surface area contributed by atoms with E-state index in [1.165, 1.54) is 24.2 Å². The molecule has 1 aromatic heterocycles. The molecule has 2 rings (SSSR count). The summed E-state index contributed by atoms with van der Waals surface area (Å²) < 4.78 is 1.12. The number of rotatable bonds is 4. The van der Waals surface area contributed by atoms with Gasteiger partial charge >= 0.3 is 0 Å². The number of thiazole rings is 1. The van der Waals surface area contributed by atoms with Gasteiger partial charge in [0.1, 0.15) is 4.34 Å². The topological polar surface area (TPSA) is 33.2 Å². The molecular weight excluding hydrogens is 324 g/mol. The molecule has 1 saturated carbocycles. The number of carbonyl (C=O) groups is 1. The maximum Gasteiger partial charge on any atom is 0.275 e. The molecule has 1 aliphatic rings. The molecule has 17 heavy (non-hydrogen) atoms. The van der Waals surface area contributed by atoms with Crippen LogP contribution in [0.2, 0.25) is 4.34 Å². The molecule has 0 bridgehead atoms. The predicted octanol–water partition coefficient (Wildman–Crippen LogP) is 3.82. The Kier molecular flexibility index (Phi) is 4.10. The minimum atomic E-state index is -0.0566.